The molecule has 7 nitrogen and oxygen atoms in total. The Morgan fingerprint density at radius 1 is 1.15 bits per heavy atom. The van der Waals surface area contributed by atoms with Crippen LogP contribution >= 0.6 is 0 Å². The third kappa shape index (κ3) is 3.32. The second kappa shape index (κ2) is 6.49. The Bertz CT molecular complexity index is 1230. The maximum atomic E-state index is 13.4. The molecule has 0 saturated carbocycles. The van der Waals surface area contributed by atoms with Gasteiger partial charge in [0, 0.05) is 22.7 Å². The van der Waals surface area contributed by atoms with Crippen molar-refractivity contribution in [1.82, 2.24) is 20.2 Å². The molecule has 3 N–H and O–H groups in total. The van der Waals surface area contributed by atoms with Crippen molar-refractivity contribution >= 4 is 22.5 Å². The molecule has 27 heavy (non-hydrogen) atoms. The van der Waals surface area contributed by atoms with Crippen LogP contribution in [-0.4, -0.2) is 26.1 Å². The maximum Gasteiger partial charge on any atom is 0.256 e. The highest BCUT2D eigenvalue weighted by molar-refractivity contribution is 6.12. The number of hydrogen-bond acceptors (Lipinski definition) is 4. The van der Waals surface area contributed by atoms with Crippen molar-refractivity contribution in [2.75, 3.05) is 5.32 Å². The van der Waals surface area contributed by atoms with Gasteiger partial charge in [0.15, 0.2) is 5.82 Å². The van der Waals surface area contributed by atoms with Gasteiger partial charge < -0.3 is 10.3 Å². The molecule has 134 valence electrons. The lowest BCUT2D eigenvalue weighted by Gasteiger charge is -2.09. The molecule has 0 spiro atoms. The van der Waals surface area contributed by atoms with E-state index in [0.717, 1.165) is 5.56 Å². The lowest BCUT2D eigenvalue weighted by molar-refractivity contribution is 0.102. The molecule has 0 bridgehead atoms. The first-order chi connectivity index (χ1) is 13.0. The van der Waals surface area contributed by atoms with Gasteiger partial charge in [-0.05, 0) is 37.3 Å². The summed E-state index contributed by atoms with van der Waals surface area (Å²) in [6, 6.07) is 12.1. The molecule has 0 radical (unpaired) electrons. The maximum absolute atomic E-state index is 13.4. The first kappa shape index (κ1) is 16.6. The zero-order valence-electron chi connectivity index (χ0n) is 14.2. The van der Waals surface area contributed by atoms with Gasteiger partial charge in [0.2, 0.25) is 5.56 Å². The first-order valence-corrected chi connectivity index (χ1v) is 8.13. The summed E-state index contributed by atoms with van der Waals surface area (Å²) < 4.78 is 13.4. The van der Waals surface area contributed by atoms with E-state index in [1.54, 1.807) is 25.1 Å². The van der Waals surface area contributed by atoms with E-state index in [4.69, 9.17) is 0 Å². The molecule has 2 aromatic carbocycles. The number of fused-ring (bicyclic) bond motifs is 1. The molecule has 2 heterocycles. The van der Waals surface area contributed by atoms with Crippen LogP contribution in [0.5, 0.6) is 0 Å². The van der Waals surface area contributed by atoms with Gasteiger partial charge in [-0.3, -0.25) is 14.7 Å². The predicted molar refractivity (Wildman–Crippen MR) is 99.0 cm³/mol. The fraction of sp³-hybridized carbons (Fsp3) is 0.0526. The Morgan fingerprint density at radius 3 is 2.78 bits per heavy atom. The molecule has 2 aromatic heterocycles. The van der Waals surface area contributed by atoms with E-state index in [0.29, 0.717) is 22.7 Å². The summed E-state index contributed by atoms with van der Waals surface area (Å²) in [6.45, 7) is 1.79. The van der Waals surface area contributed by atoms with Crippen LogP contribution in [0.1, 0.15) is 16.2 Å². The average molecular weight is 363 g/mol. The molecule has 0 aliphatic carbocycles. The van der Waals surface area contributed by atoms with E-state index < -0.39 is 17.3 Å². The van der Waals surface area contributed by atoms with Crippen LogP contribution in [0.2, 0.25) is 0 Å². The predicted octanol–water partition coefficient (Wildman–Crippen LogP) is 3.01. The van der Waals surface area contributed by atoms with Gasteiger partial charge in [0.05, 0.1) is 11.1 Å². The van der Waals surface area contributed by atoms with Crippen LogP contribution in [0.3, 0.4) is 0 Å². The number of benzene rings is 2. The molecular weight excluding hydrogens is 349 g/mol. The molecule has 4 rings (SSSR count). The lowest BCUT2D eigenvalue weighted by Crippen LogP contribution is -2.17. The van der Waals surface area contributed by atoms with Gasteiger partial charge in [-0.1, -0.05) is 12.1 Å². The number of aryl methyl sites for hydroxylation is 1. The van der Waals surface area contributed by atoms with Gasteiger partial charge in [0.1, 0.15) is 11.6 Å². The highest BCUT2D eigenvalue weighted by atomic mass is 19.1. The topological polar surface area (TPSA) is 104 Å². The summed E-state index contributed by atoms with van der Waals surface area (Å²) in [5.41, 5.74) is 1.19. The fourth-order valence-corrected chi connectivity index (χ4v) is 2.83. The van der Waals surface area contributed by atoms with E-state index in [1.807, 2.05) is 6.07 Å². The summed E-state index contributed by atoms with van der Waals surface area (Å²) in [7, 11) is 0. The molecule has 0 aliphatic rings. The summed E-state index contributed by atoms with van der Waals surface area (Å²) in [5, 5.41) is 10.1. The highest BCUT2D eigenvalue weighted by Gasteiger charge is 2.13. The number of carbonyl (C=O) groups is 1. The lowest BCUT2D eigenvalue weighted by atomic mass is 10.1. The Kier molecular flexibility index (Phi) is 4.00. The van der Waals surface area contributed by atoms with Crippen molar-refractivity contribution in [3.8, 4) is 11.4 Å². The normalized spacial score (nSPS) is 10.9. The molecule has 1 amide bonds. The van der Waals surface area contributed by atoms with Crippen molar-refractivity contribution in [2.24, 2.45) is 0 Å². The smallest absolute Gasteiger partial charge is 0.256 e. The summed E-state index contributed by atoms with van der Waals surface area (Å²) in [6.07, 6.45) is 0. The standard InChI is InChI=1S/C19H14FN5O2/c1-10-21-18(25-24-10)11-3-2-4-13(7-11)22-19(27)15-9-17(26)23-16-8-12(20)5-6-14(15)16/h2-9H,1H3,(H,22,27)(H,23,26)(H,21,24,25). The second-order valence-electron chi connectivity index (χ2n) is 6.02. The number of rotatable bonds is 3. The summed E-state index contributed by atoms with van der Waals surface area (Å²) in [5.74, 6) is 0.230. The molecule has 0 unspecified atom stereocenters. The number of pyridine rings is 1. The van der Waals surface area contributed by atoms with E-state index in [1.165, 1.54) is 24.3 Å². The number of amides is 1. The molecule has 4 aromatic rings. The third-order valence-electron chi connectivity index (χ3n) is 4.03. The molecular formula is C19H14FN5O2. The molecule has 0 saturated heterocycles. The molecule has 0 aliphatic heterocycles. The number of anilines is 1. The van der Waals surface area contributed by atoms with Gasteiger partial charge in [0.25, 0.3) is 5.91 Å². The number of halogens is 1. The van der Waals surface area contributed by atoms with E-state index in [2.05, 4.69) is 25.5 Å². The molecule has 8 heteroatoms. The van der Waals surface area contributed by atoms with Gasteiger partial charge >= 0.3 is 0 Å². The minimum absolute atomic E-state index is 0.160. The monoisotopic (exact) mass is 363 g/mol. The quantitative estimate of drug-likeness (QED) is 0.520. The number of carbonyl (C=O) groups excluding carboxylic acids is 1. The van der Waals surface area contributed by atoms with Crippen LogP contribution in [0.4, 0.5) is 10.1 Å². The average Bonchev–Trinajstić information content (AvgIpc) is 3.07. The second-order valence-corrected chi connectivity index (χ2v) is 6.02. The third-order valence-corrected chi connectivity index (χ3v) is 4.03. The number of aromatic nitrogens is 4. The summed E-state index contributed by atoms with van der Waals surface area (Å²) >= 11 is 0. The van der Waals surface area contributed by atoms with Crippen molar-refractivity contribution in [1.29, 1.82) is 0 Å². The van der Waals surface area contributed by atoms with Crippen LogP contribution in [0.15, 0.2) is 53.3 Å². The van der Waals surface area contributed by atoms with Crippen molar-refractivity contribution in [3.05, 3.63) is 76.1 Å². The van der Waals surface area contributed by atoms with E-state index in [-0.39, 0.29) is 11.1 Å². The van der Waals surface area contributed by atoms with Crippen molar-refractivity contribution in [3.63, 3.8) is 0 Å². The highest BCUT2D eigenvalue weighted by Crippen LogP contribution is 2.21. The van der Waals surface area contributed by atoms with E-state index >= 15 is 0 Å². The van der Waals surface area contributed by atoms with Crippen LogP contribution < -0.4 is 10.9 Å². The van der Waals surface area contributed by atoms with Crippen LogP contribution in [-0.2, 0) is 0 Å². The number of nitrogens with one attached hydrogen (secondary N) is 3. The SMILES string of the molecule is Cc1nc(-c2cccc(NC(=O)c3cc(=O)[nH]c4cc(F)ccc34)c2)n[nH]1. The number of aromatic amines is 2. The zero-order valence-corrected chi connectivity index (χ0v) is 14.2. The Labute approximate surface area is 152 Å². The minimum Gasteiger partial charge on any atom is -0.322 e. The Hall–Kier alpha value is -3.81. The number of nitrogens with zero attached hydrogens (tertiary/aromatic N) is 2. The molecule has 0 fully saturated rings. The Balaban J connectivity index is 1.69. The Morgan fingerprint density at radius 2 is 2.00 bits per heavy atom. The van der Waals surface area contributed by atoms with Gasteiger partial charge in [-0.25, -0.2) is 9.37 Å². The van der Waals surface area contributed by atoms with E-state index in [9.17, 15) is 14.0 Å². The van der Waals surface area contributed by atoms with Crippen molar-refractivity contribution in [2.45, 2.75) is 6.92 Å². The number of hydrogen-bond donors (Lipinski definition) is 3. The van der Waals surface area contributed by atoms with Crippen LogP contribution in [0.25, 0.3) is 22.3 Å². The molecule has 0 atom stereocenters. The van der Waals surface area contributed by atoms with Gasteiger partial charge in [-0.2, -0.15) is 5.10 Å². The van der Waals surface area contributed by atoms with Gasteiger partial charge in [-0.15, -0.1) is 0 Å². The fourth-order valence-electron chi connectivity index (χ4n) is 2.83. The van der Waals surface area contributed by atoms with Crippen LogP contribution in [0, 0.1) is 12.7 Å². The zero-order chi connectivity index (χ0) is 19.0. The van der Waals surface area contributed by atoms with Crippen molar-refractivity contribution < 1.29 is 9.18 Å². The largest absolute Gasteiger partial charge is 0.322 e. The number of H-pyrrole nitrogens is 2. The minimum atomic E-state index is -0.495. The summed E-state index contributed by atoms with van der Waals surface area (Å²) in [4.78, 5) is 31.3. The first-order valence-electron chi connectivity index (χ1n) is 8.13.